The first-order chi connectivity index (χ1) is 5.52. The Morgan fingerprint density at radius 1 is 1.42 bits per heavy atom. The molecule has 0 aromatic carbocycles. The van der Waals surface area contributed by atoms with Gasteiger partial charge in [0.05, 0.1) is 0 Å². The van der Waals surface area contributed by atoms with Crippen molar-refractivity contribution in [3.8, 4) is 0 Å². The molecule has 1 unspecified atom stereocenters. The van der Waals surface area contributed by atoms with Crippen LogP contribution in [0.1, 0.15) is 24.4 Å². The Morgan fingerprint density at radius 3 is 2.42 bits per heavy atom. The van der Waals surface area contributed by atoms with Gasteiger partial charge in [-0.2, -0.15) is 0 Å². The first kappa shape index (κ1) is 9.22. The van der Waals surface area contributed by atoms with Crippen LogP contribution in [0.5, 0.6) is 0 Å². The van der Waals surface area contributed by atoms with E-state index in [0.717, 1.165) is 0 Å². The van der Waals surface area contributed by atoms with Crippen LogP contribution in [0.4, 0.5) is 5.82 Å². The van der Waals surface area contributed by atoms with Crippen molar-refractivity contribution in [2.75, 3.05) is 5.73 Å². The van der Waals surface area contributed by atoms with Crippen LogP contribution < -0.4 is 11.5 Å². The average molecular weight is 187 g/mol. The predicted molar refractivity (Wildman–Crippen MR) is 48.8 cm³/mol. The minimum Gasteiger partial charge on any atom is -0.383 e. The van der Waals surface area contributed by atoms with E-state index in [1.54, 1.807) is 13.8 Å². The Kier molecular flexibility index (Phi) is 2.49. The lowest BCUT2D eigenvalue weighted by atomic mass is 10.2. The van der Waals surface area contributed by atoms with Gasteiger partial charge in [0.1, 0.15) is 16.8 Å². The third-order valence-electron chi connectivity index (χ3n) is 1.50. The van der Waals surface area contributed by atoms with Gasteiger partial charge >= 0.3 is 0 Å². The van der Waals surface area contributed by atoms with Gasteiger partial charge < -0.3 is 11.5 Å². The number of hydrogen-bond acceptors (Lipinski definition) is 4. The summed E-state index contributed by atoms with van der Waals surface area (Å²) < 4.78 is 0. The van der Waals surface area contributed by atoms with Gasteiger partial charge in [-0.05, 0) is 13.8 Å². The predicted octanol–water partition coefficient (Wildman–Crippen LogP) is 1.04. The zero-order chi connectivity index (χ0) is 9.30. The van der Waals surface area contributed by atoms with Crippen molar-refractivity contribution < 1.29 is 0 Å². The Balaban J connectivity index is 3.28. The number of nitrogens with two attached hydrogens (primary N) is 2. The van der Waals surface area contributed by atoms with Crippen molar-refractivity contribution in [2.45, 2.75) is 19.9 Å². The first-order valence-corrected chi connectivity index (χ1v) is 3.95. The van der Waals surface area contributed by atoms with Crippen molar-refractivity contribution in [1.82, 2.24) is 9.97 Å². The van der Waals surface area contributed by atoms with Crippen molar-refractivity contribution >= 4 is 17.4 Å². The van der Waals surface area contributed by atoms with Gasteiger partial charge in [0.2, 0.25) is 0 Å². The van der Waals surface area contributed by atoms with Crippen LogP contribution in [0.2, 0.25) is 5.15 Å². The molecule has 0 fully saturated rings. The molecule has 0 saturated heterocycles. The summed E-state index contributed by atoms with van der Waals surface area (Å²) in [5.41, 5.74) is 11.8. The number of hydrogen-bond donors (Lipinski definition) is 2. The molecule has 4 N–H and O–H groups in total. The smallest absolute Gasteiger partial charge is 0.139 e. The summed E-state index contributed by atoms with van der Waals surface area (Å²) in [6, 6.07) is -0.238. The van der Waals surface area contributed by atoms with E-state index in [0.29, 0.717) is 22.4 Å². The van der Waals surface area contributed by atoms with Crippen LogP contribution >= 0.6 is 11.6 Å². The number of rotatable bonds is 1. The molecular formula is C7H11ClN4. The summed E-state index contributed by atoms with van der Waals surface area (Å²) in [4.78, 5) is 7.91. The lowest BCUT2D eigenvalue weighted by molar-refractivity contribution is 0.802. The largest absolute Gasteiger partial charge is 0.383 e. The van der Waals surface area contributed by atoms with E-state index < -0.39 is 0 Å². The van der Waals surface area contributed by atoms with Gasteiger partial charge in [-0.15, -0.1) is 0 Å². The Hall–Kier alpha value is -0.870. The van der Waals surface area contributed by atoms with Crippen LogP contribution in [0.3, 0.4) is 0 Å². The van der Waals surface area contributed by atoms with Crippen molar-refractivity contribution in [2.24, 2.45) is 5.73 Å². The summed E-state index contributed by atoms with van der Waals surface area (Å²) in [6.45, 7) is 3.52. The standard InChI is InChI=1S/C7H11ClN4/c1-3(9)5-6(8)11-4(2)12-7(5)10/h3H,9H2,1-2H3,(H2,10,11,12). The normalized spacial score (nSPS) is 13.0. The van der Waals surface area contributed by atoms with Gasteiger partial charge in [0.25, 0.3) is 0 Å². The van der Waals surface area contributed by atoms with Gasteiger partial charge in [-0.25, -0.2) is 9.97 Å². The van der Waals surface area contributed by atoms with Gasteiger partial charge in [0.15, 0.2) is 0 Å². The zero-order valence-corrected chi connectivity index (χ0v) is 7.76. The molecule has 0 aliphatic rings. The maximum Gasteiger partial charge on any atom is 0.139 e. The van der Waals surface area contributed by atoms with E-state index in [4.69, 9.17) is 23.1 Å². The Labute approximate surface area is 75.9 Å². The number of halogens is 1. The lowest BCUT2D eigenvalue weighted by Crippen LogP contribution is -2.12. The summed E-state index contributed by atoms with van der Waals surface area (Å²) in [5.74, 6) is 0.921. The summed E-state index contributed by atoms with van der Waals surface area (Å²) in [5, 5.41) is 0.343. The minimum absolute atomic E-state index is 0.238. The fourth-order valence-corrected chi connectivity index (χ4v) is 1.38. The van der Waals surface area contributed by atoms with E-state index >= 15 is 0 Å². The Morgan fingerprint density at radius 2 is 2.00 bits per heavy atom. The van der Waals surface area contributed by atoms with Crippen molar-refractivity contribution in [1.29, 1.82) is 0 Å². The maximum absolute atomic E-state index is 5.82. The number of nitrogens with zero attached hydrogens (tertiary/aromatic N) is 2. The second-order valence-corrected chi connectivity index (χ2v) is 3.01. The van der Waals surface area contributed by atoms with E-state index in [1.165, 1.54) is 0 Å². The fourth-order valence-electron chi connectivity index (χ4n) is 0.989. The van der Waals surface area contributed by atoms with Crippen LogP contribution in [0.25, 0.3) is 0 Å². The molecule has 66 valence electrons. The number of nitrogen functional groups attached to an aromatic ring is 1. The second-order valence-electron chi connectivity index (χ2n) is 2.65. The second kappa shape index (κ2) is 3.25. The van der Waals surface area contributed by atoms with Crippen molar-refractivity contribution in [3.05, 3.63) is 16.5 Å². The molecule has 4 nitrogen and oxygen atoms in total. The maximum atomic E-state index is 5.82. The summed E-state index contributed by atoms with van der Waals surface area (Å²) >= 11 is 5.82. The topological polar surface area (TPSA) is 77.8 Å². The number of anilines is 1. The fraction of sp³-hybridized carbons (Fsp3) is 0.429. The monoisotopic (exact) mass is 186 g/mol. The third-order valence-corrected chi connectivity index (χ3v) is 1.78. The molecule has 0 radical (unpaired) electrons. The lowest BCUT2D eigenvalue weighted by Gasteiger charge is -2.09. The molecule has 12 heavy (non-hydrogen) atoms. The molecule has 0 saturated carbocycles. The molecule has 1 aromatic heterocycles. The van der Waals surface area contributed by atoms with E-state index in [9.17, 15) is 0 Å². The molecule has 1 heterocycles. The molecule has 1 aromatic rings. The quantitative estimate of drug-likeness (QED) is 0.643. The first-order valence-electron chi connectivity index (χ1n) is 3.57. The highest BCUT2D eigenvalue weighted by Crippen LogP contribution is 2.23. The molecule has 5 heteroatoms. The van der Waals surface area contributed by atoms with Crippen molar-refractivity contribution in [3.63, 3.8) is 0 Å². The molecule has 0 aliphatic carbocycles. The molecule has 0 spiro atoms. The number of aromatic nitrogens is 2. The molecule has 1 atom stereocenters. The molecular weight excluding hydrogens is 176 g/mol. The van der Waals surface area contributed by atoms with Crippen LogP contribution in [-0.4, -0.2) is 9.97 Å². The zero-order valence-electron chi connectivity index (χ0n) is 7.00. The number of aryl methyl sites for hydroxylation is 1. The molecule has 0 aliphatic heterocycles. The minimum atomic E-state index is -0.238. The van der Waals surface area contributed by atoms with Gasteiger partial charge in [-0.1, -0.05) is 11.6 Å². The van der Waals surface area contributed by atoms with Gasteiger partial charge in [-0.3, -0.25) is 0 Å². The molecule has 1 rings (SSSR count). The summed E-state index contributed by atoms with van der Waals surface area (Å²) in [7, 11) is 0. The average Bonchev–Trinajstić information content (AvgIpc) is 1.82. The van der Waals surface area contributed by atoms with Crippen LogP contribution in [-0.2, 0) is 0 Å². The van der Waals surface area contributed by atoms with Crippen LogP contribution in [0, 0.1) is 6.92 Å². The third kappa shape index (κ3) is 1.65. The van der Waals surface area contributed by atoms with Gasteiger partial charge in [0, 0.05) is 11.6 Å². The van der Waals surface area contributed by atoms with E-state index in [-0.39, 0.29) is 6.04 Å². The summed E-state index contributed by atoms with van der Waals surface area (Å²) in [6.07, 6.45) is 0. The van der Waals surface area contributed by atoms with Crippen LogP contribution in [0.15, 0.2) is 0 Å². The highest BCUT2D eigenvalue weighted by atomic mass is 35.5. The molecule has 0 amide bonds. The molecule has 0 bridgehead atoms. The highest BCUT2D eigenvalue weighted by molar-refractivity contribution is 6.30. The highest BCUT2D eigenvalue weighted by Gasteiger charge is 2.12. The van der Waals surface area contributed by atoms with E-state index in [2.05, 4.69) is 9.97 Å². The van der Waals surface area contributed by atoms with E-state index in [1.807, 2.05) is 0 Å². The Bertz CT molecular complexity index is 274. The SMILES string of the molecule is Cc1nc(N)c(C(C)N)c(Cl)n1.